The lowest BCUT2D eigenvalue weighted by Gasteiger charge is -2.29. The minimum atomic E-state index is -1.20. The highest BCUT2D eigenvalue weighted by molar-refractivity contribution is 5.88. The molecule has 1 aromatic carbocycles. The van der Waals surface area contributed by atoms with Crippen molar-refractivity contribution < 1.29 is 14.6 Å². The molecule has 1 atom stereocenters. The van der Waals surface area contributed by atoms with Gasteiger partial charge in [0.1, 0.15) is 11.3 Å². The van der Waals surface area contributed by atoms with Gasteiger partial charge in [-0.2, -0.15) is 0 Å². The molecular weight excluding hydrogens is 282 g/mol. The third-order valence-electron chi connectivity index (χ3n) is 4.10. The molecule has 0 saturated heterocycles. The topological polar surface area (TPSA) is 68.5 Å². The van der Waals surface area contributed by atoms with E-state index in [1.54, 1.807) is 7.11 Å². The van der Waals surface area contributed by atoms with E-state index in [-0.39, 0.29) is 11.6 Å². The second-order valence-corrected chi connectivity index (χ2v) is 5.70. The number of hydrogen-bond donors (Lipinski definition) is 1. The third-order valence-corrected chi connectivity index (χ3v) is 4.10. The summed E-state index contributed by atoms with van der Waals surface area (Å²) in [4.78, 5) is 23.3. The number of benzene rings is 1. The van der Waals surface area contributed by atoms with Gasteiger partial charge in [-0.05, 0) is 37.5 Å². The van der Waals surface area contributed by atoms with Crippen LogP contribution < -0.4 is 10.2 Å². The van der Waals surface area contributed by atoms with Crippen LogP contribution in [0.3, 0.4) is 0 Å². The summed E-state index contributed by atoms with van der Waals surface area (Å²) in [6.07, 6.45) is 2.20. The maximum atomic E-state index is 12.1. The Balaban J connectivity index is 2.35. The Morgan fingerprint density at radius 3 is 2.73 bits per heavy atom. The lowest BCUT2D eigenvalue weighted by Crippen LogP contribution is -2.24. The van der Waals surface area contributed by atoms with Crippen molar-refractivity contribution in [3.05, 3.63) is 51.3 Å². The Kier molecular flexibility index (Phi) is 3.28. The maximum Gasteiger partial charge on any atom is 0.341 e. The first kappa shape index (κ1) is 14.4. The summed E-state index contributed by atoms with van der Waals surface area (Å²) in [5, 5.41) is 9.15. The van der Waals surface area contributed by atoms with Crippen LogP contribution in [0.4, 0.5) is 0 Å². The molecule has 1 unspecified atom stereocenters. The van der Waals surface area contributed by atoms with Crippen LogP contribution in [0.15, 0.2) is 29.2 Å². The van der Waals surface area contributed by atoms with Gasteiger partial charge in [0, 0.05) is 23.9 Å². The van der Waals surface area contributed by atoms with Gasteiger partial charge < -0.3 is 14.4 Å². The van der Waals surface area contributed by atoms with Gasteiger partial charge in [0.2, 0.25) is 0 Å². The second kappa shape index (κ2) is 5.02. The molecule has 1 aliphatic heterocycles. The fraction of sp³-hybridized carbons (Fsp3) is 0.294. The van der Waals surface area contributed by atoms with Crippen molar-refractivity contribution in [1.82, 2.24) is 4.57 Å². The van der Waals surface area contributed by atoms with Gasteiger partial charge in [0.25, 0.3) is 0 Å². The highest BCUT2D eigenvalue weighted by atomic mass is 16.5. The molecule has 5 nitrogen and oxygen atoms in total. The van der Waals surface area contributed by atoms with Gasteiger partial charge in [-0.1, -0.05) is 6.07 Å². The molecule has 0 amide bonds. The fourth-order valence-electron chi connectivity index (χ4n) is 3.13. The summed E-state index contributed by atoms with van der Waals surface area (Å²) < 4.78 is 7.32. The molecule has 0 radical (unpaired) electrons. The zero-order valence-corrected chi connectivity index (χ0v) is 12.7. The zero-order valence-electron chi connectivity index (χ0n) is 12.7. The van der Waals surface area contributed by atoms with Crippen molar-refractivity contribution in [2.24, 2.45) is 0 Å². The number of ether oxygens (including phenoxy) is 1. The van der Waals surface area contributed by atoms with Crippen molar-refractivity contribution in [3.63, 3.8) is 0 Å². The van der Waals surface area contributed by atoms with Crippen molar-refractivity contribution in [2.45, 2.75) is 26.3 Å². The predicted octanol–water partition coefficient (Wildman–Crippen LogP) is 2.65. The summed E-state index contributed by atoms with van der Waals surface area (Å²) >= 11 is 0. The Bertz CT molecular complexity index is 835. The average Bonchev–Trinajstić information content (AvgIpc) is 2.45. The van der Waals surface area contributed by atoms with Gasteiger partial charge >= 0.3 is 5.97 Å². The summed E-state index contributed by atoms with van der Waals surface area (Å²) in [5.74, 6) is -0.493. The Hall–Kier alpha value is -2.56. The molecular formula is C17H17NO4. The molecule has 0 spiro atoms. The Morgan fingerprint density at radius 2 is 2.09 bits per heavy atom. The van der Waals surface area contributed by atoms with Gasteiger partial charge in [0.05, 0.1) is 12.8 Å². The predicted molar refractivity (Wildman–Crippen MR) is 82.8 cm³/mol. The molecule has 1 aromatic heterocycles. The van der Waals surface area contributed by atoms with Crippen LogP contribution in [0.2, 0.25) is 0 Å². The van der Waals surface area contributed by atoms with Crippen LogP contribution in [0, 0.1) is 6.92 Å². The molecule has 2 aromatic rings. The normalized spacial score (nSPS) is 15.9. The lowest BCUT2D eigenvalue weighted by atomic mass is 9.90. The van der Waals surface area contributed by atoms with E-state index in [0.29, 0.717) is 11.4 Å². The third kappa shape index (κ3) is 2.09. The van der Waals surface area contributed by atoms with E-state index in [1.165, 1.54) is 12.3 Å². The van der Waals surface area contributed by atoms with Crippen LogP contribution in [0.1, 0.15) is 34.5 Å². The quantitative estimate of drug-likeness (QED) is 0.925. The van der Waals surface area contributed by atoms with E-state index in [1.807, 2.05) is 24.5 Å². The number of methoxy groups -OCH3 is 1. The number of carboxylic acids is 1. The number of aromatic carboxylic acids is 1. The number of rotatable bonds is 2. The van der Waals surface area contributed by atoms with E-state index in [4.69, 9.17) is 9.84 Å². The van der Waals surface area contributed by atoms with Crippen LogP contribution in [0.25, 0.3) is 11.3 Å². The first-order valence-electron chi connectivity index (χ1n) is 7.09. The Labute approximate surface area is 127 Å². The highest BCUT2D eigenvalue weighted by Crippen LogP contribution is 2.40. The molecule has 0 fully saturated rings. The summed E-state index contributed by atoms with van der Waals surface area (Å²) in [6.45, 7) is 4.01. The largest absolute Gasteiger partial charge is 0.496 e. The number of carbonyl (C=O) groups is 1. The highest BCUT2D eigenvalue weighted by Gasteiger charge is 2.26. The number of nitrogens with zero attached hydrogens (tertiary/aromatic N) is 1. The first-order chi connectivity index (χ1) is 10.4. The lowest BCUT2D eigenvalue weighted by molar-refractivity contribution is 0.0694. The minimum absolute atomic E-state index is 0.0766. The van der Waals surface area contributed by atoms with Crippen molar-refractivity contribution in [3.8, 4) is 17.0 Å². The standard InChI is InChI=1S/C17H17NO4/c1-9-4-11-6-10(2)18-8-12(17(20)21)14(19)7-13(18)16(11)15(5-9)22-3/h4-5,7-8,10H,6H2,1-3H3,(H,20,21). The average molecular weight is 299 g/mol. The van der Waals surface area contributed by atoms with Gasteiger partial charge in [-0.3, -0.25) is 4.79 Å². The smallest absolute Gasteiger partial charge is 0.341 e. The molecule has 114 valence electrons. The summed E-state index contributed by atoms with van der Waals surface area (Å²) in [6, 6.07) is 5.49. The van der Waals surface area contributed by atoms with Gasteiger partial charge in [-0.25, -0.2) is 4.79 Å². The zero-order chi connectivity index (χ0) is 16.0. The number of pyridine rings is 1. The van der Waals surface area contributed by atoms with E-state index in [2.05, 4.69) is 6.07 Å². The molecule has 2 heterocycles. The minimum Gasteiger partial charge on any atom is -0.496 e. The fourth-order valence-corrected chi connectivity index (χ4v) is 3.13. The molecule has 5 heteroatoms. The van der Waals surface area contributed by atoms with Gasteiger partial charge in [0.15, 0.2) is 5.43 Å². The maximum absolute atomic E-state index is 12.1. The van der Waals surface area contributed by atoms with E-state index < -0.39 is 11.4 Å². The van der Waals surface area contributed by atoms with Crippen LogP contribution >= 0.6 is 0 Å². The van der Waals surface area contributed by atoms with Crippen LogP contribution in [0.5, 0.6) is 5.75 Å². The number of aryl methyl sites for hydroxylation is 1. The SMILES string of the molecule is COc1cc(C)cc2c1-c1cc(=O)c(C(=O)O)cn1C(C)C2. The summed E-state index contributed by atoms with van der Waals surface area (Å²) in [7, 11) is 1.60. The van der Waals surface area contributed by atoms with Gasteiger partial charge in [-0.15, -0.1) is 0 Å². The Morgan fingerprint density at radius 1 is 1.36 bits per heavy atom. The molecule has 1 aliphatic rings. The number of carboxylic acid groups (broad SMARTS) is 1. The molecule has 3 rings (SSSR count). The molecule has 22 heavy (non-hydrogen) atoms. The van der Waals surface area contributed by atoms with Crippen molar-refractivity contribution in [2.75, 3.05) is 7.11 Å². The van der Waals surface area contributed by atoms with Crippen molar-refractivity contribution in [1.29, 1.82) is 0 Å². The van der Waals surface area contributed by atoms with Crippen molar-refractivity contribution >= 4 is 5.97 Å². The molecule has 1 N–H and O–H groups in total. The molecule has 0 saturated carbocycles. The van der Waals surface area contributed by atoms with Crippen LogP contribution in [-0.4, -0.2) is 22.8 Å². The molecule has 0 aliphatic carbocycles. The van der Waals surface area contributed by atoms with E-state index in [0.717, 1.165) is 23.1 Å². The summed E-state index contributed by atoms with van der Waals surface area (Å²) in [5.41, 5.74) is 3.11. The van der Waals surface area contributed by atoms with E-state index in [9.17, 15) is 9.59 Å². The first-order valence-corrected chi connectivity index (χ1v) is 7.09. The number of fused-ring (bicyclic) bond motifs is 3. The van der Waals surface area contributed by atoms with Crippen LogP contribution in [-0.2, 0) is 6.42 Å². The number of hydrogen-bond acceptors (Lipinski definition) is 3. The second-order valence-electron chi connectivity index (χ2n) is 5.70. The monoisotopic (exact) mass is 299 g/mol. The molecule has 0 bridgehead atoms. The van der Waals surface area contributed by atoms with E-state index >= 15 is 0 Å². The number of aromatic nitrogens is 1.